The number of likely N-dealkylation sites (tertiary alicyclic amines) is 1. The average molecular weight is 319 g/mol. The van der Waals surface area contributed by atoms with E-state index in [1.54, 1.807) is 24.9 Å². The van der Waals surface area contributed by atoms with Crippen LogP contribution < -0.4 is 0 Å². The van der Waals surface area contributed by atoms with E-state index in [1.807, 2.05) is 17.2 Å². The lowest BCUT2D eigenvalue weighted by Gasteiger charge is -2.50. The maximum absolute atomic E-state index is 13.3. The molecule has 5 rings (SSSR count). The molecule has 1 N–H and O–H groups in total. The fraction of sp³-hybridized carbons (Fsp3) is 0.333. The SMILES string of the molecule is O=C(c1cncc2[nH]cnc12)N1CC[C@@H]2CC[C@@]21c1cccnc1. The van der Waals surface area contributed by atoms with Crippen LogP contribution in [0.15, 0.2) is 43.2 Å². The number of amides is 1. The summed E-state index contributed by atoms with van der Waals surface area (Å²) in [6.45, 7) is 0.777. The topological polar surface area (TPSA) is 74.8 Å². The van der Waals surface area contributed by atoms with Crippen molar-refractivity contribution in [2.24, 2.45) is 5.92 Å². The molecule has 0 aromatic carbocycles. The van der Waals surface area contributed by atoms with Crippen LogP contribution in [-0.2, 0) is 5.54 Å². The summed E-state index contributed by atoms with van der Waals surface area (Å²) in [4.78, 5) is 31.2. The maximum Gasteiger partial charge on any atom is 0.258 e. The smallest absolute Gasteiger partial charge is 0.258 e. The summed E-state index contributed by atoms with van der Waals surface area (Å²) < 4.78 is 0. The van der Waals surface area contributed by atoms with Crippen molar-refractivity contribution in [2.75, 3.05) is 6.54 Å². The Kier molecular flexibility index (Phi) is 2.77. The number of imidazole rings is 1. The van der Waals surface area contributed by atoms with E-state index in [4.69, 9.17) is 0 Å². The highest BCUT2D eigenvalue weighted by Crippen LogP contribution is 2.57. The van der Waals surface area contributed by atoms with Crippen LogP contribution in [-0.4, -0.2) is 37.3 Å². The molecule has 2 fully saturated rings. The third-order valence-electron chi connectivity index (χ3n) is 5.70. The van der Waals surface area contributed by atoms with Crippen LogP contribution >= 0.6 is 0 Å². The van der Waals surface area contributed by atoms with Gasteiger partial charge in [-0.2, -0.15) is 0 Å². The molecule has 4 heterocycles. The third-order valence-corrected chi connectivity index (χ3v) is 5.70. The van der Waals surface area contributed by atoms with E-state index in [-0.39, 0.29) is 11.4 Å². The van der Waals surface area contributed by atoms with Crippen molar-refractivity contribution in [3.05, 3.63) is 54.4 Å². The first kappa shape index (κ1) is 13.7. The van der Waals surface area contributed by atoms with E-state index in [9.17, 15) is 4.79 Å². The Bertz CT molecular complexity index is 921. The Morgan fingerprint density at radius 3 is 3.00 bits per heavy atom. The quantitative estimate of drug-likeness (QED) is 0.787. The van der Waals surface area contributed by atoms with Gasteiger partial charge in [0.1, 0.15) is 5.52 Å². The van der Waals surface area contributed by atoms with Crippen LogP contribution in [0.3, 0.4) is 0 Å². The summed E-state index contributed by atoms with van der Waals surface area (Å²) in [6.07, 6.45) is 11.8. The summed E-state index contributed by atoms with van der Waals surface area (Å²) in [5, 5.41) is 0. The summed E-state index contributed by atoms with van der Waals surface area (Å²) in [5.41, 5.74) is 3.00. The van der Waals surface area contributed by atoms with E-state index in [2.05, 4.69) is 26.0 Å². The first-order chi connectivity index (χ1) is 11.8. The molecule has 3 aromatic rings. The number of pyridine rings is 2. The standard InChI is InChI=1S/C18H17N5O/c24-17(14-9-20-10-15-16(14)22-11-21-15)23-7-4-12-3-5-18(12,23)13-2-1-6-19-8-13/h1-2,6,8-12H,3-5,7H2,(H,21,22)/t12-,18-/m0/s1. The van der Waals surface area contributed by atoms with E-state index in [1.165, 1.54) is 6.42 Å². The first-order valence-corrected chi connectivity index (χ1v) is 8.30. The van der Waals surface area contributed by atoms with Gasteiger partial charge in [0.15, 0.2) is 0 Å². The van der Waals surface area contributed by atoms with Crippen LogP contribution in [0.1, 0.15) is 35.2 Å². The third kappa shape index (κ3) is 1.65. The van der Waals surface area contributed by atoms with Crippen LogP contribution in [0.25, 0.3) is 11.0 Å². The fourth-order valence-corrected chi connectivity index (χ4v) is 4.45. The number of carbonyl (C=O) groups excluding carboxylic acids is 1. The molecule has 6 nitrogen and oxygen atoms in total. The van der Waals surface area contributed by atoms with Crippen molar-refractivity contribution >= 4 is 16.9 Å². The Morgan fingerprint density at radius 1 is 1.25 bits per heavy atom. The normalized spacial score (nSPS) is 25.5. The minimum absolute atomic E-state index is 0.0197. The Morgan fingerprint density at radius 2 is 2.21 bits per heavy atom. The van der Waals surface area contributed by atoms with Crippen molar-refractivity contribution in [1.29, 1.82) is 0 Å². The Labute approximate surface area is 139 Å². The molecule has 0 bridgehead atoms. The number of nitrogens with one attached hydrogen (secondary N) is 1. The lowest BCUT2D eigenvalue weighted by molar-refractivity contribution is 0.0143. The van der Waals surface area contributed by atoms with Crippen LogP contribution in [0.2, 0.25) is 0 Å². The second kappa shape index (κ2) is 4.87. The molecule has 0 unspecified atom stereocenters. The van der Waals surface area contributed by atoms with Gasteiger partial charge in [0.05, 0.1) is 29.1 Å². The van der Waals surface area contributed by atoms with E-state index in [0.717, 1.165) is 30.5 Å². The van der Waals surface area contributed by atoms with Crippen LogP contribution in [0.5, 0.6) is 0 Å². The van der Waals surface area contributed by atoms with Gasteiger partial charge in [-0.15, -0.1) is 0 Å². The number of nitrogens with zero attached hydrogens (tertiary/aromatic N) is 4. The Balaban J connectivity index is 1.61. The predicted octanol–water partition coefficient (Wildman–Crippen LogP) is 2.50. The summed E-state index contributed by atoms with van der Waals surface area (Å²) in [5.74, 6) is 0.545. The molecule has 0 spiro atoms. The zero-order chi connectivity index (χ0) is 16.1. The highest BCUT2D eigenvalue weighted by atomic mass is 16.2. The molecule has 24 heavy (non-hydrogen) atoms. The molecule has 1 amide bonds. The fourth-order valence-electron chi connectivity index (χ4n) is 4.45. The molecular formula is C18H17N5O. The number of rotatable bonds is 2. The predicted molar refractivity (Wildman–Crippen MR) is 88.2 cm³/mol. The molecule has 120 valence electrons. The number of aromatic amines is 1. The highest BCUT2D eigenvalue weighted by molar-refractivity contribution is 6.04. The number of hydrogen-bond acceptors (Lipinski definition) is 4. The molecule has 6 heteroatoms. The number of hydrogen-bond donors (Lipinski definition) is 1. The molecule has 1 aliphatic carbocycles. The number of fused-ring (bicyclic) bond motifs is 2. The van der Waals surface area contributed by atoms with Gasteiger partial charge in [-0.1, -0.05) is 6.07 Å². The molecule has 1 saturated heterocycles. The van der Waals surface area contributed by atoms with E-state index in [0.29, 0.717) is 17.0 Å². The van der Waals surface area contributed by atoms with Crippen molar-refractivity contribution in [1.82, 2.24) is 24.8 Å². The van der Waals surface area contributed by atoms with Gasteiger partial charge in [0.25, 0.3) is 5.91 Å². The maximum atomic E-state index is 13.3. The number of aromatic nitrogens is 4. The van der Waals surface area contributed by atoms with Crippen molar-refractivity contribution < 1.29 is 4.79 Å². The minimum Gasteiger partial charge on any atom is -0.343 e. The molecule has 3 aromatic heterocycles. The van der Waals surface area contributed by atoms with E-state index >= 15 is 0 Å². The zero-order valence-electron chi connectivity index (χ0n) is 13.1. The number of carbonyl (C=O) groups is 1. The van der Waals surface area contributed by atoms with Gasteiger partial charge in [-0.3, -0.25) is 14.8 Å². The van der Waals surface area contributed by atoms with Gasteiger partial charge in [0.2, 0.25) is 0 Å². The second-order valence-corrected chi connectivity index (χ2v) is 6.63. The van der Waals surface area contributed by atoms with E-state index < -0.39 is 0 Å². The van der Waals surface area contributed by atoms with Gasteiger partial charge in [-0.25, -0.2) is 4.98 Å². The monoisotopic (exact) mass is 319 g/mol. The second-order valence-electron chi connectivity index (χ2n) is 6.63. The highest BCUT2D eigenvalue weighted by Gasteiger charge is 2.57. The molecule has 2 aliphatic rings. The van der Waals surface area contributed by atoms with Gasteiger partial charge >= 0.3 is 0 Å². The lowest BCUT2D eigenvalue weighted by atomic mass is 9.64. The summed E-state index contributed by atoms with van der Waals surface area (Å²) in [6, 6.07) is 4.05. The summed E-state index contributed by atoms with van der Waals surface area (Å²) >= 11 is 0. The Hall–Kier alpha value is -2.76. The zero-order valence-corrected chi connectivity index (χ0v) is 13.1. The molecule has 0 radical (unpaired) electrons. The molecule has 2 atom stereocenters. The number of H-pyrrole nitrogens is 1. The van der Waals surface area contributed by atoms with Gasteiger partial charge < -0.3 is 9.88 Å². The van der Waals surface area contributed by atoms with Gasteiger partial charge in [-0.05, 0) is 36.8 Å². The van der Waals surface area contributed by atoms with Crippen LogP contribution in [0.4, 0.5) is 0 Å². The van der Waals surface area contributed by atoms with Crippen molar-refractivity contribution in [2.45, 2.75) is 24.8 Å². The molecule has 1 aliphatic heterocycles. The van der Waals surface area contributed by atoms with Crippen molar-refractivity contribution in [3.63, 3.8) is 0 Å². The largest absolute Gasteiger partial charge is 0.343 e. The van der Waals surface area contributed by atoms with Crippen molar-refractivity contribution in [3.8, 4) is 0 Å². The minimum atomic E-state index is -0.205. The molecule has 1 saturated carbocycles. The first-order valence-electron chi connectivity index (χ1n) is 8.30. The average Bonchev–Trinajstić information content (AvgIpc) is 3.18. The van der Waals surface area contributed by atoms with Crippen LogP contribution in [0, 0.1) is 5.92 Å². The summed E-state index contributed by atoms with van der Waals surface area (Å²) in [7, 11) is 0. The van der Waals surface area contributed by atoms with Gasteiger partial charge in [0, 0.05) is 25.1 Å². The molecular weight excluding hydrogens is 302 g/mol. The lowest BCUT2D eigenvalue weighted by Crippen LogP contribution is -2.53.